The summed E-state index contributed by atoms with van der Waals surface area (Å²) in [5, 5.41) is 0. The summed E-state index contributed by atoms with van der Waals surface area (Å²) < 4.78 is 25.4. The molecule has 1 atom stereocenters. The lowest BCUT2D eigenvalue weighted by molar-refractivity contribution is 0.596. The molecule has 4 N–H and O–H groups in total. The molecule has 6 nitrogen and oxygen atoms in total. The molecule has 3 aromatic rings. The van der Waals surface area contributed by atoms with Gasteiger partial charge in [-0.1, -0.05) is 18.2 Å². The smallest absolute Gasteiger partial charge is 0.206 e. The highest BCUT2D eigenvalue weighted by molar-refractivity contribution is 7.91. The highest BCUT2D eigenvalue weighted by Gasteiger charge is 2.23. The molecule has 0 amide bonds. The van der Waals surface area contributed by atoms with Gasteiger partial charge in [0.05, 0.1) is 21.8 Å². The summed E-state index contributed by atoms with van der Waals surface area (Å²) in [5.74, 6) is 0. The second kappa shape index (κ2) is 6.53. The second-order valence-electron chi connectivity index (χ2n) is 6.23. The molecule has 136 valence electrons. The summed E-state index contributed by atoms with van der Waals surface area (Å²) in [4.78, 5) is 6.68. The van der Waals surface area contributed by atoms with Gasteiger partial charge in [0, 0.05) is 16.9 Å². The zero-order chi connectivity index (χ0) is 19.0. The normalized spacial score (nSPS) is 16.2. The first-order valence-electron chi connectivity index (χ1n) is 8.34. The number of fused-ring (bicyclic) bond motifs is 1. The maximum absolute atomic E-state index is 12.7. The van der Waals surface area contributed by atoms with Crippen LogP contribution in [0.5, 0.6) is 0 Å². The first-order valence-corrected chi connectivity index (χ1v) is 9.83. The molecule has 1 unspecified atom stereocenters. The van der Waals surface area contributed by atoms with E-state index in [2.05, 4.69) is 4.99 Å². The van der Waals surface area contributed by atoms with Crippen LogP contribution in [0.2, 0.25) is 0 Å². The standard InChI is InChI=1S/C20H18N4O2S/c21-14-6-11-19-18(12-14)20(22)24(13-23-19)15-7-9-17(10-8-15)27(25,26)16-4-2-1-3-5-16/h1-13,20H,21-22H2. The van der Waals surface area contributed by atoms with Crippen molar-refractivity contribution in [1.82, 2.24) is 0 Å². The van der Waals surface area contributed by atoms with E-state index in [0.717, 1.165) is 16.9 Å². The van der Waals surface area contributed by atoms with Crippen molar-refractivity contribution in [2.75, 3.05) is 10.6 Å². The highest BCUT2D eigenvalue weighted by atomic mass is 32.2. The maximum atomic E-state index is 12.7. The molecular weight excluding hydrogens is 360 g/mol. The number of nitrogens with two attached hydrogens (primary N) is 2. The van der Waals surface area contributed by atoms with Crippen LogP contribution in [0.1, 0.15) is 11.7 Å². The van der Waals surface area contributed by atoms with E-state index in [1.165, 1.54) is 0 Å². The zero-order valence-corrected chi connectivity index (χ0v) is 15.2. The minimum Gasteiger partial charge on any atom is -0.399 e. The van der Waals surface area contributed by atoms with Crippen molar-refractivity contribution in [3.8, 4) is 0 Å². The van der Waals surface area contributed by atoms with Crippen LogP contribution >= 0.6 is 0 Å². The summed E-state index contributed by atoms with van der Waals surface area (Å²) in [5.41, 5.74) is 15.2. The Kier molecular flexibility index (Phi) is 4.18. The average Bonchev–Trinajstić information content (AvgIpc) is 2.69. The molecule has 1 heterocycles. The lowest BCUT2D eigenvalue weighted by Crippen LogP contribution is -2.35. The number of hydrogen-bond donors (Lipinski definition) is 2. The van der Waals surface area contributed by atoms with Crippen molar-refractivity contribution in [2.24, 2.45) is 10.7 Å². The summed E-state index contributed by atoms with van der Waals surface area (Å²) >= 11 is 0. The van der Waals surface area contributed by atoms with Gasteiger partial charge in [-0.05, 0) is 54.6 Å². The Morgan fingerprint density at radius 3 is 2.26 bits per heavy atom. The number of benzene rings is 3. The number of nitrogen functional groups attached to an aromatic ring is 1. The number of sulfone groups is 1. The fourth-order valence-electron chi connectivity index (χ4n) is 3.03. The maximum Gasteiger partial charge on any atom is 0.206 e. The molecule has 0 aromatic heterocycles. The summed E-state index contributed by atoms with van der Waals surface area (Å²) in [6.07, 6.45) is 1.18. The van der Waals surface area contributed by atoms with Crippen LogP contribution < -0.4 is 16.4 Å². The number of anilines is 2. The van der Waals surface area contributed by atoms with Gasteiger partial charge in [-0.2, -0.15) is 0 Å². The van der Waals surface area contributed by atoms with Crippen molar-refractivity contribution in [3.63, 3.8) is 0 Å². The number of nitrogens with zero attached hydrogens (tertiary/aromatic N) is 2. The summed E-state index contributed by atoms with van der Waals surface area (Å²) in [7, 11) is -3.55. The van der Waals surface area contributed by atoms with E-state index in [-0.39, 0.29) is 9.79 Å². The monoisotopic (exact) mass is 378 g/mol. The molecule has 3 aromatic carbocycles. The Hall–Kier alpha value is -3.16. The molecule has 1 aliphatic heterocycles. The minimum absolute atomic E-state index is 0.226. The van der Waals surface area contributed by atoms with Crippen molar-refractivity contribution < 1.29 is 8.42 Å². The fourth-order valence-corrected chi connectivity index (χ4v) is 4.32. The highest BCUT2D eigenvalue weighted by Crippen LogP contribution is 2.34. The zero-order valence-electron chi connectivity index (χ0n) is 14.4. The SMILES string of the molecule is Nc1ccc2c(c1)C(N)N(c1ccc(S(=O)(=O)c3ccccc3)cc1)C=N2. The topological polar surface area (TPSA) is 102 Å². The van der Waals surface area contributed by atoms with Crippen molar-refractivity contribution in [3.05, 3.63) is 78.4 Å². The third-order valence-corrected chi connectivity index (χ3v) is 6.28. The van der Waals surface area contributed by atoms with Gasteiger partial charge in [0.15, 0.2) is 0 Å². The van der Waals surface area contributed by atoms with E-state index in [0.29, 0.717) is 5.69 Å². The largest absolute Gasteiger partial charge is 0.399 e. The first-order chi connectivity index (χ1) is 13.0. The Morgan fingerprint density at radius 2 is 1.56 bits per heavy atom. The fraction of sp³-hybridized carbons (Fsp3) is 0.0500. The van der Waals surface area contributed by atoms with Crippen LogP contribution in [0.25, 0.3) is 0 Å². The van der Waals surface area contributed by atoms with E-state index in [9.17, 15) is 8.42 Å². The molecule has 0 radical (unpaired) electrons. The predicted octanol–water partition coefficient (Wildman–Crippen LogP) is 3.24. The van der Waals surface area contributed by atoms with Gasteiger partial charge in [-0.3, -0.25) is 0 Å². The lowest BCUT2D eigenvalue weighted by Gasteiger charge is -2.31. The molecular formula is C20H18N4O2S. The van der Waals surface area contributed by atoms with Gasteiger partial charge >= 0.3 is 0 Å². The Balaban J connectivity index is 1.66. The molecule has 0 aliphatic carbocycles. The van der Waals surface area contributed by atoms with Crippen LogP contribution in [0.4, 0.5) is 17.1 Å². The molecule has 0 saturated heterocycles. The van der Waals surface area contributed by atoms with Crippen molar-refractivity contribution >= 4 is 33.2 Å². The molecule has 0 fully saturated rings. The van der Waals surface area contributed by atoms with Gasteiger partial charge in [-0.15, -0.1) is 0 Å². The van der Waals surface area contributed by atoms with Gasteiger partial charge in [-0.25, -0.2) is 13.4 Å². The lowest BCUT2D eigenvalue weighted by atomic mass is 10.1. The third-order valence-electron chi connectivity index (χ3n) is 4.49. The Bertz CT molecular complexity index is 1110. The molecule has 27 heavy (non-hydrogen) atoms. The summed E-state index contributed by atoms with van der Waals surface area (Å²) in [6, 6.07) is 20.4. The van der Waals surface area contributed by atoms with Gasteiger partial charge < -0.3 is 16.4 Å². The minimum atomic E-state index is -3.55. The third kappa shape index (κ3) is 3.07. The van der Waals surface area contributed by atoms with Gasteiger partial charge in [0.1, 0.15) is 6.17 Å². The average molecular weight is 378 g/mol. The van der Waals surface area contributed by atoms with Crippen LogP contribution in [0, 0.1) is 0 Å². The Morgan fingerprint density at radius 1 is 0.889 bits per heavy atom. The summed E-state index contributed by atoms with van der Waals surface area (Å²) in [6.45, 7) is 0. The van der Waals surface area contributed by atoms with Crippen LogP contribution in [-0.2, 0) is 9.84 Å². The van der Waals surface area contributed by atoms with Crippen LogP contribution in [0.15, 0.2) is 87.6 Å². The molecule has 1 aliphatic rings. The predicted molar refractivity (Wildman–Crippen MR) is 107 cm³/mol. The number of aliphatic imine (C=N–C) groups is 1. The molecule has 0 spiro atoms. The van der Waals surface area contributed by atoms with Crippen LogP contribution in [-0.4, -0.2) is 14.8 Å². The molecule has 7 heteroatoms. The molecule has 0 bridgehead atoms. The van der Waals surface area contributed by atoms with E-state index in [4.69, 9.17) is 11.5 Å². The van der Waals surface area contributed by atoms with E-state index < -0.39 is 16.0 Å². The quantitative estimate of drug-likeness (QED) is 0.681. The number of rotatable bonds is 3. The second-order valence-corrected chi connectivity index (χ2v) is 8.18. The van der Waals surface area contributed by atoms with Crippen molar-refractivity contribution in [2.45, 2.75) is 16.0 Å². The van der Waals surface area contributed by atoms with Crippen LogP contribution in [0.3, 0.4) is 0 Å². The Labute approximate surface area is 157 Å². The van der Waals surface area contributed by atoms with E-state index in [1.54, 1.807) is 78.0 Å². The molecule has 4 rings (SSSR count). The van der Waals surface area contributed by atoms with Gasteiger partial charge in [0.25, 0.3) is 0 Å². The molecule has 0 saturated carbocycles. The van der Waals surface area contributed by atoms with E-state index >= 15 is 0 Å². The van der Waals surface area contributed by atoms with Gasteiger partial charge in [0.2, 0.25) is 9.84 Å². The van der Waals surface area contributed by atoms with E-state index in [1.807, 2.05) is 6.07 Å². The van der Waals surface area contributed by atoms with Crippen molar-refractivity contribution in [1.29, 1.82) is 0 Å². The number of hydrogen-bond acceptors (Lipinski definition) is 6. The first kappa shape index (κ1) is 17.3.